The summed E-state index contributed by atoms with van der Waals surface area (Å²) in [5.41, 5.74) is 0.851. The van der Waals surface area contributed by atoms with E-state index in [1.54, 1.807) is 31.1 Å². The lowest BCUT2D eigenvalue weighted by molar-refractivity contribution is -0.137. The van der Waals surface area contributed by atoms with E-state index in [1.807, 2.05) is 0 Å². The number of sulfonamides is 1. The molecular weight excluding hydrogens is 549 g/mol. The van der Waals surface area contributed by atoms with Crippen LogP contribution in [0.3, 0.4) is 0 Å². The molecule has 13 heteroatoms. The molecule has 37 heavy (non-hydrogen) atoms. The third-order valence-corrected chi connectivity index (χ3v) is 9.53. The molecule has 1 atom stereocenters. The van der Waals surface area contributed by atoms with Gasteiger partial charge in [-0.05, 0) is 54.8 Å². The minimum atomic E-state index is -4.44. The molecule has 1 fully saturated rings. The molecule has 1 saturated heterocycles. The summed E-state index contributed by atoms with van der Waals surface area (Å²) in [6.07, 6.45) is -3.50. The summed E-state index contributed by atoms with van der Waals surface area (Å²) in [6.45, 7) is 0.319. The first-order chi connectivity index (χ1) is 17.4. The highest BCUT2D eigenvalue weighted by Crippen LogP contribution is 2.33. The summed E-state index contributed by atoms with van der Waals surface area (Å²) in [4.78, 5) is 19.3. The highest BCUT2D eigenvalue weighted by molar-refractivity contribution is 7.91. The summed E-state index contributed by atoms with van der Waals surface area (Å²) in [5, 5.41) is 2.81. The van der Waals surface area contributed by atoms with Crippen LogP contribution < -0.4 is 10.2 Å². The number of pyridine rings is 1. The van der Waals surface area contributed by atoms with E-state index >= 15 is 0 Å². The number of alkyl halides is 3. The van der Waals surface area contributed by atoms with Gasteiger partial charge in [0, 0.05) is 32.7 Å². The van der Waals surface area contributed by atoms with Gasteiger partial charge in [0.2, 0.25) is 5.91 Å². The first-order valence-corrected chi connectivity index (χ1v) is 13.9. The lowest BCUT2D eigenvalue weighted by Crippen LogP contribution is -2.45. The zero-order valence-electron chi connectivity index (χ0n) is 19.9. The summed E-state index contributed by atoms with van der Waals surface area (Å²) < 4.78 is 66.6. The quantitative estimate of drug-likeness (QED) is 0.430. The van der Waals surface area contributed by atoms with Crippen LogP contribution in [0, 0.1) is 0 Å². The molecule has 4 rings (SSSR count). The average molecular weight is 573 g/mol. The third-order valence-electron chi connectivity index (χ3n) is 5.92. The second kappa shape index (κ2) is 10.6. The molecule has 3 heterocycles. The smallest absolute Gasteiger partial charge is 0.363 e. The Morgan fingerprint density at radius 1 is 1.19 bits per heavy atom. The van der Waals surface area contributed by atoms with Crippen LogP contribution in [0.25, 0.3) is 11.3 Å². The van der Waals surface area contributed by atoms with Crippen molar-refractivity contribution in [2.75, 3.05) is 25.5 Å². The lowest BCUT2D eigenvalue weighted by atomic mass is 10.1. The number of aromatic nitrogens is 1. The molecule has 0 aliphatic carbocycles. The van der Waals surface area contributed by atoms with Gasteiger partial charge in [-0.2, -0.15) is 17.5 Å². The van der Waals surface area contributed by atoms with Gasteiger partial charge < -0.3 is 10.2 Å². The molecular formula is C24H24ClF3N4O3S2. The van der Waals surface area contributed by atoms with Crippen molar-refractivity contribution in [2.24, 2.45) is 0 Å². The van der Waals surface area contributed by atoms with Gasteiger partial charge in [-0.15, -0.1) is 11.3 Å². The fourth-order valence-electron chi connectivity index (χ4n) is 4.03. The Labute approximate surface area is 221 Å². The summed E-state index contributed by atoms with van der Waals surface area (Å²) in [5.74, 6) is 0.129. The number of carbonyl (C=O) groups is 1. The van der Waals surface area contributed by atoms with Gasteiger partial charge >= 0.3 is 6.18 Å². The lowest BCUT2D eigenvalue weighted by Gasteiger charge is -2.23. The largest absolute Gasteiger partial charge is 0.416 e. The molecule has 0 saturated carbocycles. The van der Waals surface area contributed by atoms with E-state index in [2.05, 4.69) is 10.3 Å². The fourth-order valence-corrected chi connectivity index (χ4v) is 7.30. The number of rotatable bonds is 7. The number of halogens is 4. The zero-order chi connectivity index (χ0) is 27.0. The van der Waals surface area contributed by atoms with Gasteiger partial charge in [0.1, 0.15) is 16.1 Å². The van der Waals surface area contributed by atoms with Crippen LogP contribution in [0.5, 0.6) is 0 Å². The van der Waals surface area contributed by atoms with Crippen LogP contribution in [0.15, 0.2) is 52.7 Å². The molecule has 0 radical (unpaired) electrons. The van der Waals surface area contributed by atoms with E-state index in [0.717, 1.165) is 23.5 Å². The SMILES string of the molecule is CN(C)c1cc(CNC(=O)C2CCCN2S(=O)(=O)c2ccc(Cl)s2)cc(-c2ccc(C(F)(F)F)cc2)n1. The maximum atomic E-state index is 13.1. The van der Waals surface area contributed by atoms with Crippen molar-refractivity contribution in [3.63, 3.8) is 0 Å². The molecule has 0 bridgehead atoms. The van der Waals surface area contributed by atoms with E-state index < -0.39 is 33.7 Å². The first kappa shape index (κ1) is 27.4. The molecule has 7 nitrogen and oxygen atoms in total. The van der Waals surface area contributed by atoms with Crippen LogP contribution in [0.2, 0.25) is 4.34 Å². The molecule has 198 valence electrons. The zero-order valence-corrected chi connectivity index (χ0v) is 22.3. The maximum Gasteiger partial charge on any atom is 0.416 e. The predicted molar refractivity (Wildman–Crippen MR) is 137 cm³/mol. The number of thiophene rings is 1. The molecule has 1 unspecified atom stereocenters. The summed E-state index contributed by atoms with van der Waals surface area (Å²) in [6, 6.07) is 10.2. The van der Waals surface area contributed by atoms with Gasteiger partial charge in [-0.3, -0.25) is 4.79 Å². The number of hydrogen-bond acceptors (Lipinski definition) is 6. The minimum absolute atomic E-state index is 0.0862. The Kier molecular flexibility index (Phi) is 7.84. The number of benzene rings is 1. The Bertz CT molecular complexity index is 1390. The Balaban J connectivity index is 1.53. The van der Waals surface area contributed by atoms with Gasteiger partial charge in [0.15, 0.2) is 0 Å². The fraction of sp³-hybridized carbons (Fsp3) is 0.333. The molecule has 1 amide bonds. The monoisotopic (exact) mass is 572 g/mol. The van der Waals surface area contributed by atoms with Crippen molar-refractivity contribution in [3.8, 4) is 11.3 Å². The van der Waals surface area contributed by atoms with Gasteiger partial charge in [0.25, 0.3) is 10.0 Å². The number of carbonyl (C=O) groups excluding carboxylic acids is 1. The van der Waals surface area contributed by atoms with Crippen molar-refractivity contribution in [1.82, 2.24) is 14.6 Å². The van der Waals surface area contributed by atoms with Crippen LogP contribution in [0.1, 0.15) is 24.0 Å². The molecule has 0 spiro atoms. The van der Waals surface area contributed by atoms with Crippen molar-refractivity contribution in [3.05, 3.63) is 64.0 Å². The molecule has 1 aliphatic rings. The number of nitrogens with zero attached hydrogens (tertiary/aromatic N) is 3. The van der Waals surface area contributed by atoms with Crippen LogP contribution in [0.4, 0.5) is 19.0 Å². The standard InChI is InChI=1S/C24H24ClF3N4O3S2/c1-31(2)21-13-15(12-18(30-21)16-5-7-17(8-6-16)24(26,27)28)14-29-23(33)19-4-3-11-32(19)37(34,35)22-10-9-20(25)36-22/h5-10,12-13,19H,3-4,11,14H2,1-2H3,(H,29,33). The molecule has 3 aromatic rings. The Morgan fingerprint density at radius 3 is 2.49 bits per heavy atom. The van der Waals surface area contributed by atoms with Crippen molar-refractivity contribution < 1.29 is 26.4 Å². The minimum Gasteiger partial charge on any atom is -0.363 e. The van der Waals surface area contributed by atoms with Crippen LogP contribution in [-0.4, -0.2) is 50.3 Å². The van der Waals surface area contributed by atoms with Gasteiger partial charge in [-0.1, -0.05) is 23.7 Å². The number of hydrogen-bond donors (Lipinski definition) is 1. The molecule has 1 aliphatic heterocycles. The van der Waals surface area contributed by atoms with Crippen molar-refractivity contribution in [1.29, 1.82) is 0 Å². The summed E-state index contributed by atoms with van der Waals surface area (Å²) in [7, 11) is -0.306. The number of nitrogens with one attached hydrogen (secondary N) is 1. The number of anilines is 1. The van der Waals surface area contributed by atoms with E-state index in [-0.39, 0.29) is 17.3 Å². The third kappa shape index (κ3) is 6.08. The van der Waals surface area contributed by atoms with Crippen LogP contribution in [-0.2, 0) is 27.5 Å². The second-order valence-corrected chi connectivity index (χ2v) is 12.6. The normalized spacial score (nSPS) is 16.6. The highest BCUT2D eigenvalue weighted by atomic mass is 35.5. The highest BCUT2D eigenvalue weighted by Gasteiger charge is 2.40. The van der Waals surface area contributed by atoms with Crippen molar-refractivity contribution >= 4 is 44.7 Å². The molecule has 1 N–H and O–H groups in total. The van der Waals surface area contributed by atoms with E-state index in [9.17, 15) is 26.4 Å². The van der Waals surface area contributed by atoms with Gasteiger partial charge in [0.05, 0.1) is 15.6 Å². The molecule has 2 aromatic heterocycles. The number of amides is 1. The average Bonchev–Trinajstić information content (AvgIpc) is 3.52. The van der Waals surface area contributed by atoms with Crippen molar-refractivity contribution in [2.45, 2.75) is 35.8 Å². The Hall–Kier alpha value is -2.67. The molecule has 1 aromatic carbocycles. The van der Waals surface area contributed by atoms with E-state index in [0.29, 0.717) is 39.8 Å². The second-order valence-electron chi connectivity index (χ2n) is 8.74. The first-order valence-electron chi connectivity index (χ1n) is 11.3. The maximum absolute atomic E-state index is 13.1. The van der Waals surface area contributed by atoms with Gasteiger partial charge in [-0.25, -0.2) is 13.4 Å². The Morgan fingerprint density at radius 2 is 1.89 bits per heavy atom. The van der Waals surface area contributed by atoms with Crippen LogP contribution >= 0.6 is 22.9 Å². The van der Waals surface area contributed by atoms with E-state index in [4.69, 9.17) is 11.6 Å². The summed E-state index contributed by atoms with van der Waals surface area (Å²) >= 11 is 6.85. The van der Waals surface area contributed by atoms with E-state index in [1.165, 1.54) is 28.6 Å². The predicted octanol–water partition coefficient (Wildman–Crippen LogP) is 5.02. The topological polar surface area (TPSA) is 82.6 Å².